The Morgan fingerprint density at radius 3 is 2.79 bits per heavy atom. The van der Waals surface area contributed by atoms with Crippen molar-refractivity contribution in [3.8, 4) is 5.75 Å². The maximum absolute atomic E-state index is 6.05. The van der Waals surface area contributed by atoms with Crippen LogP contribution in [0.3, 0.4) is 0 Å². The molecule has 10 heteroatoms. The van der Waals surface area contributed by atoms with E-state index in [0.717, 1.165) is 31.9 Å². The Kier molecular flexibility index (Phi) is 7.34. The third-order valence-electron chi connectivity index (χ3n) is 4.94. The summed E-state index contributed by atoms with van der Waals surface area (Å²) in [5.74, 6) is 1.73. The number of hydrogen-bond acceptors (Lipinski definition) is 6. The van der Waals surface area contributed by atoms with Crippen LogP contribution in [-0.4, -0.2) is 59.8 Å². The molecule has 156 valence electrons. The molecule has 7 nitrogen and oxygen atoms in total. The van der Waals surface area contributed by atoms with E-state index in [2.05, 4.69) is 37.3 Å². The van der Waals surface area contributed by atoms with Gasteiger partial charge < -0.3 is 25.2 Å². The zero-order chi connectivity index (χ0) is 21.0. The lowest BCUT2D eigenvalue weighted by molar-refractivity contribution is 0.352. The molecule has 1 saturated heterocycles. The van der Waals surface area contributed by atoms with Gasteiger partial charge in [0.25, 0.3) is 0 Å². The largest absolute Gasteiger partial charge is 0.491 e. The highest BCUT2D eigenvalue weighted by Gasteiger charge is 2.27. The lowest BCUT2D eigenvalue weighted by atomic mass is 10.2. The average molecular weight is 455 g/mol. The molecule has 1 atom stereocenters. The molecule has 1 aromatic heterocycles. The Bertz CT molecular complexity index is 884. The van der Waals surface area contributed by atoms with Crippen LogP contribution in [0.25, 0.3) is 0 Å². The van der Waals surface area contributed by atoms with Crippen LogP contribution in [-0.2, 0) is 0 Å². The number of rotatable bonds is 6. The second-order valence-electron chi connectivity index (χ2n) is 6.74. The van der Waals surface area contributed by atoms with Gasteiger partial charge in [-0.3, -0.25) is 0 Å². The number of nitrogens with one attached hydrogen (secondary N) is 2. The highest BCUT2D eigenvalue weighted by molar-refractivity contribution is 7.80. The second-order valence-corrected chi connectivity index (χ2v) is 7.96. The van der Waals surface area contributed by atoms with Crippen molar-refractivity contribution in [2.45, 2.75) is 19.4 Å². The molecule has 0 amide bonds. The van der Waals surface area contributed by atoms with Gasteiger partial charge in [0.05, 0.1) is 23.4 Å². The van der Waals surface area contributed by atoms with E-state index in [1.807, 2.05) is 7.05 Å². The molecule has 0 bridgehead atoms. The Morgan fingerprint density at radius 2 is 2.14 bits per heavy atom. The van der Waals surface area contributed by atoms with Gasteiger partial charge in [-0.15, -0.1) is 0 Å². The van der Waals surface area contributed by atoms with E-state index >= 15 is 0 Å². The highest BCUT2D eigenvalue weighted by Crippen LogP contribution is 2.29. The average Bonchev–Trinajstić information content (AvgIpc) is 3.19. The molecule has 0 spiro atoms. The minimum Gasteiger partial charge on any atom is -0.491 e. The van der Waals surface area contributed by atoms with Gasteiger partial charge in [0.1, 0.15) is 0 Å². The summed E-state index contributed by atoms with van der Waals surface area (Å²) in [5.41, 5.74) is 0.716. The van der Waals surface area contributed by atoms with Crippen molar-refractivity contribution in [2.24, 2.45) is 0 Å². The van der Waals surface area contributed by atoms with E-state index < -0.39 is 0 Å². The number of thiocarbonyl (C=S) groups is 1. The summed E-state index contributed by atoms with van der Waals surface area (Å²) in [7, 11) is 3.65. The summed E-state index contributed by atoms with van der Waals surface area (Å²) in [6.45, 7) is 5.31. The first kappa shape index (κ1) is 21.8. The fraction of sp³-hybridized carbons (Fsp3) is 0.421. The fourth-order valence-corrected chi connectivity index (χ4v) is 3.75. The summed E-state index contributed by atoms with van der Waals surface area (Å²) >= 11 is 17.4. The number of nitrogens with zero attached hydrogens (tertiary/aromatic N) is 4. The molecule has 1 aliphatic heterocycles. The zero-order valence-corrected chi connectivity index (χ0v) is 18.9. The van der Waals surface area contributed by atoms with Crippen LogP contribution in [0, 0.1) is 0 Å². The van der Waals surface area contributed by atoms with Crippen LogP contribution in [0.1, 0.15) is 13.3 Å². The van der Waals surface area contributed by atoms with Crippen molar-refractivity contribution in [2.75, 3.05) is 49.3 Å². The summed E-state index contributed by atoms with van der Waals surface area (Å²) in [4.78, 5) is 13.5. The maximum atomic E-state index is 6.05. The molecule has 1 aromatic carbocycles. The number of likely N-dealkylation sites (N-methyl/N-ethyl adjacent to an activating group) is 2. The number of aromatic nitrogens is 2. The van der Waals surface area contributed by atoms with Gasteiger partial charge in [-0.2, -0.15) is 4.98 Å². The molecule has 2 heterocycles. The molecule has 0 radical (unpaired) electrons. The monoisotopic (exact) mass is 454 g/mol. The third kappa shape index (κ3) is 5.39. The third-order valence-corrected chi connectivity index (χ3v) is 5.88. The predicted octanol–water partition coefficient (Wildman–Crippen LogP) is 4.13. The maximum Gasteiger partial charge on any atom is 0.231 e. The normalized spacial score (nSPS) is 16.5. The quantitative estimate of drug-likeness (QED) is 0.631. The van der Waals surface area contributed by atoms with Crippen LogP contribution >= 0.6 is 35.4 Å². The topological polar surface area (TPSA) is 65.5 Å². The summed E-state index contributed by atoms with van der Waals surface area (Å²) < 4.78 is 5.48. The molecule has 1 aliphatic rings. The Labute approximate surface area is 186 Å². The van der Waals surface area contributed by atoms with Crippen LogP contribution in [0.4, 0.5) is 17.5 Å². The van der Waals surface area contributed by atoms with Crippen molar-refractivity contribution in [3.63, 3.8) is 0 Å². The summed E-state index contributed by atoms with van der Waals surface area (Å²) in [6.07, 6.45) is 2.73. The minimum atomic E-state index is 0.347. The molecule has 2 aromatic rings. The minimum absolute atomic E-state index is 0.347. The number of halogens is 2. The molecule has 3 rings (SSSR count). The van der Waals surface area contributed by atoms with Crippen molar-refractivity contribution >= 4 is 58.0 Å². The Balaban J connectivity index is 1.72. The van der Waals surface area contributed by atoms with Crippen LogP contribution in [0.15, 0.2) is 24.4 Å². The molecule has 2 N–H and O–H groups in total. The second kappa shape index (κ2) is 9.75. The van der Waals surface area contributed by atoms with Gasteiger partial charge in [0.15, 0.2) is 16.7 Å². The number of hydrogen-bond donors (Lipinski definition) is 2. The Morgan fingerprint density at radius 1 is 1.34 bits per heavy atom. The van der Waals surface area contributed by atoms with E-state index in [1.54, 1.807) is 31.5 Å². The highest BCUT2D eigenvalue weighted by atomic mass is 35.5. The van der Waals surface area contributed by atoms with Crippen LogP contribution in [0.2, 0.25) is 10.0 Å². The number of benzene rings is 1. The molecule has 29 heavy (non-hydrogen) atoms. The fourth-order valence-electron chi connectivity index (χ4n) is 3.24. The van der Waals surface area contributed by atoms with Crippen molar-refractivity contribution in [1.29, 1.82) is 0 Å². The number of ether oxygens (including phenoxy) is 1. The SMILES string of the molecule is CCN1CCC(N(C)c2nc(NC(=S)Nc3ccc(Cl)c(Cl)c3)ncc2OC)C1. The molecular formula is C19H24Cl2N6OS. The van der Waals surface area contributed by atoms with E-state index in [0.29, 0.717) is 38.6 Å². The van der Waals surface area contributed by atoms with Crippen molar-refractivity contribution < 1.29 is 4.74 Å². The lowest BCUT2D eigenvalue weighted by Crippen LogP contribution is -2.35. The van der Waals surface area contributed by atoms with E-state index in [9.17, 15) is 0 Å². The zero-order valence-electron chi connectivity index (χ0n) is 16.6. The van der Waals surface area contributed by atoms with Crippen LogP contribution < -0.4 is 20.3 Å². The van der Waals surface area contributed by atoms with E-state index in [1.165, 1.54) is 0 Å². The first-order valence-electron chi connectivity index (χ1n) is 9.30. The van der Waals surface area contributed by atoms with E-state index in [4.69, 9.17) is 40.2 Å². The van der Waals surface area contributed by atoms with Gasteiger partial charge in [-0.1, -0.05) is 30.1 Å². The predicted molar refractivity (Wildman–Crippen MR) is 124 cm³/mol. The number of likely N-dealkylation sites (tertiary alicyclic amines) is 1. The Hall–Kier alpha value is -1.87. The van der Waals surface area contributed by atoms with Crippen molar-refractivity contribution in [3.05, 3.63) is 34.4 Å². The number of methoxy groups -OCH3 is 1. The molecule has 1 unspecified atom stereocenters. The molecule has 0 aliphatic carbocycles. The van der Waals surface area contributed by atoms with Gasteiger partial charge in [0.2, 0.25) is 5.95 Å². The smallest absolute Gasteiger partial charge is 0.231 e. The first-order chi connectivity index (χ1) is 13.9. The molecule has 0 saturated carbocycles. The molecule has 1 fully saturated rings. The molecular weight excluding hydrogens is 431 g/mol. The van der Waals surface area contributed by atoms with Crippen molar-refractivity contribution in [1.82, 2.24) is 14.9 Å². The summed E-state index contributed by atoms with van der Waals surface area (Å²) in [5, 5.41) is 7.34. The van der Waals surface area contributed by atoms with E-state index in [-0.39, 0.29) is 0 Å². The van der Waals surface area contributed by atoms with Gasteiger partial charge in [-0.25, -0.2) is 4.98 Å². The van der Waals surface area contributed by atoms with Gasteiger partial charge >= 0.3 is 0 Å². The lowest BCUT2D eigenvalue weighted by Gasteiger charge is -2.27. The summed E-state index contributed by atoms with van der Waals surface area (Å²) in [6, 6.07) is 5.56. The number of anilines is 3. The van der Waals surface area contributed by atoms with Gasteiger partial charge in [0, 0.05) is 31.9 Å². The van der Waals surface area contributed by atoms with Crippen LogP contribution in [0.5, 0.6) is 5.75 Å². The van der Waals surface area contributed by atoms with Gasteiger partial charge in [-0.05, 0) is 43.4 Å². The first-order valence-corrected chi connectivity index (χ1v) is 10.5. The standard InChI is InChI=1S/C19H24Cl2N6OS/c1-4-27-8-7-13(11-27)26(2)17-16(28-3)10-22-18(24-17)25-19(29)23-12-5-6-14(20)15(21)9-12/h5-6,9-10,13H,4,7-8,11H2,1-3H3,(H2,22,23,24,25,29).